The summed E-state index contributed by atoms with van der Waals surface area (Å²) in [5, 5.41) is 2.57. The van der Waals surface area contributed by atoms with Gasteiger partial charge in [-0.05, 0) is 30.9 Å². The molecule has 18 heavy (non-hydrogen) atoms. The minimum absolute atomic E-state index is 0. The Kier molecular flexibility index (Phi) is 5.77. The molecular formula is C12H16F2IN3. The molecule has 1 aromatic carbocycles. The molecule has 3 N–H and O–H groups in total. The number of benzene rings is 1. The maximum atomic E-state index is 13.3. The molecule has 100 valence electrons. The summed E-state index contributed by atoms with van der Waals surface area (Å²) in [5.74, 6) is -0.344. The van der Waals surface area contributed by atoms with Crippen LogP contribution in [0.3, 0.4) is 0 Å². The van der Waals surface area contributed by atoms with Crippen LogP contribution in [-0.4, -0.2) is 12.5 Å². The molecule has 2 rings (SSSR count). The lowest BCUT2D eigenvalue weighted by Gasteiger charge is -2.23. The summed E-state index contributed by atoms with van der Waals surface area (Å²) in [6, 6.07) is 3.17. The van der Waals surface area contributed by atoms with Gasteiger partial charge in [0.05, 0.1) is 5.69 Å². The fraction of sp³-hybridized carbons (Fsp3) is 0.417. The normalized spacial score (nSPS) is 15.8. The highest BCUT2D eigenvalue weighted by Crippen LogP contribution is 2.26. The number of aliphatic imine (C=N–C) groups is 1. The highest BCUT2D eigenvalue weighted by atomic mass is 127. The molecule has 1 saturated carbocycles. The van der Waals surface area contributed by atoms with Crippen LogP contribution >= 0.6 is 24.0 Å². The van der Waals surface area contributed by atoms with Crippen LogP contribution < -0.4 is 11.1 Å². The Morgan fingerprint density at radius 1 is 1.39 bits per heavy atom. The summed E-state index contributed by atoms with van der Waals surface area (Å²) in [6.07, 6.45) is 3.59. The number of nitrogens with one attached hydrogen (secondary N) is 1. The number of guanidine groups is 1. The van der Waals surface area contributed by atoms with E-state index in [1.165, 1.54) is 19.3 Å². The zero-order valence-electron chi connectivity index (χ0n) is 9.83. The Labute approximate surface area is 122 Å². The van der Waals surface area contributed by atoms with E-state index < -0.39 is 11.6 Å². The largest absolute Gasteiger partial charge is 0.370 e. The molecule has 1 aliphatic carbocycles. The Balaban J connectivity index is 0.00000162. The molecule has 0 spiro atoms. The van der Waals surface area contributed by atoms with Crippen molar-refractivity contribution in [1.29, 1.82) is 0 Å². The zero-order valence-corrected chi connectivity index (χ0v) is 12.2. The monoisotopic (exact) mass is 367 g/mol. The van der Waals surface area contributed by atoms with Crippen molar-refractivity contribution in [2.75, 3.05) is 11.9 Å². The van der Waals surface area contributed by atoms with Gasteiger partial charge in [0.15, 0.2) is 5.96 Å². The molecule has 0 heterocycles. The second-order valence-corrected chi connectivity index (χ2v) is 4.27. The van der Waals surface area contributed by atoms with Gasteiger partial charge >= 0.3 is 0 Å². The van der Waals surface area contributed by atoms with Crippen LogP contribution in [0.4, 0.5) is 14.5 Å². The summed E-state index contributed by atoms with van der Waals surface area (Å²) in [5.41, 5.74) is 5.62. The standard InChI is InChI=1S/C12H15F2N3.HI/c13-9-4-5-10(14)11(6-9)17-12(15)16-7-8-2-1-3-8;/h4-6,8H,1-3,7H2,(H3,15,16,17);1H. The molecule has 0 atom stereocenters. The van der Waals surface area contributed by atoms with Crippen molar-refractivity contribution in [2.24, 2.45) is 16.6 Å². The summed E-state index contributed by atoms with van der Waals surface area (Å²) in [6.45, 7) is 0.649. The van der Waals surface area contributed by atoms with Crippen molar-refractivity contribution in [3.63, 3.8) is 0 Å². The molecule has 0 aliphatic heterocycles. The number of halogens is 3. The van der Waals surface area contributed by atoms with Gasteiger partial charge in [-0.2, -0.15) is 0 Å². The van der Waals surface area contributed by atoms with Gasteiger partial charge in [-0.25, -0.2) is 8.78 Å². The van der Waals surface area contributed by atoms with Gasteiger partial charge in [0, 0.05) is 12.6 Å². The van der Waals surface area contributed by atoms with Gasteiger partial charge in [0.1, 0.15) is 11.6 Å². The van der Waals surface area contributed by atoms with E-state index in [1.54, 1.807) is 0 Å². The quantitative estimate of drug-likeness (QED) is 0.490. The lowest BCUT2D eigenvalue weighted by molar-refractivity contribution is 0.326. The summed E-state index contributed by atoms with van der Waals surface area (Å²) in [7, 11) is 0. The lowest BCUT2D eigenvalue weighted by atomic mass is 9.86. The van der Waals surface area contributed by atoms with E-state index >= 15 is 0 Å². The fourth-order valence-corrected chi connectivity index (χ4v) is 1.67. The van der Waals surface area contributed by atoms with E-state index in [1.807, 2.05) is 0 Å². The van der Waals surface area contributed by atoms with Crippen LogP contribution in [0.2, 0.25) is 0 Å². The first-order chi connectivity index (χ1) is 8.15. The molecule has 0 bridgehead atoms. The topological polar surface area (TPSA) is 50.4 Å². The minimum Gasteiger partial charge on any atom is -0.370 e. The van der Waals surface area contributed by atoms with Gasteiger partial charge in [0.25, 0.3) is 0 Å². The second kappa shape index (κ2) is 6.86. The van der Waals surface area contributed by atoms with Gasteiger partial charge in [-0.3, -0.25) is 4.99 Å². The number of anilines is 1. The average Bonchev–Trinajstić information content (AvgIpc) is 2.21. The predicted molar refractivity (Wildman–Crippen MR) is 79.2 cm³/mol. The van der Waals surface area contributed by atoms with Crippen LogP contribution in [0.1, 0.15) is 19.3 Å². The third kappa shape index (κ3) is 4.08. The van der Waals surface area contributed by atoms with Crippen molar-refractivity contribution in [2.45, 2.75) is 19.3 Å². The maximum absolute atomic E-state index is 13.3. The molecule has 3 nitrogen and oxygen atoms in total. The average molecular weight is 367 g/mol. The fourth-order valence-electron chi connectivity index (χ4n) is 1.67. The van der Waals surface area contributed by atoms with Crippen molar-refractivity contribution in [3.8, 4) is 0 Å². The van der Waals surface area contributed by atoms with Crippen molar-refractivity contribution < 1.29 is 8.78 Å². The Bertz CT molecular complexity index is 433. The number of rotatable bonds is 3. The number of nitrogens with two attached hydrogens (primary N) is 1. The first-order valence-corrected chi connectivity index (χ1v) is 5.67. The number of hydrogen-bond donors (Lipinski definition) is 2. The molecule has 1 aromatic rings. The van der Waals surface area contributed by atoms with Gasteiger partial charge < -0.3 is 11.1 Å². The smallest absolute Gasteiger partial charge is 0.193 e. The highest BCUT2D eigenvalue weighted by Gasteiger charge is 2.16. The van der Waals surface area contributed by atoms with Gasteiger partial charge in [0.2, 0.25) is 0 Å². The second-order valence-electron chi connectivity index (χ2n) is 4.27. The van der Waals surface area contributed by atoms with Crippen LogP contribution in [0, 0.1) is 17.6 Å². The van der Waals surface area contributed by atoms with Crippen LogP contribution in [0.15, 0.2) is 23.2 Å². The first kappa shape index (κ1) is 15.1. The molecule has 6 heteroatoms. The minimum atomic E-state index is -0.548. The Hall–Kier alpha value is -0.920. The Morgan fingerprint density at radius 3 is 2.72 bits per heavy atom. The SMILES string of the molecule is I.NC(=NCC1CCC1)Nc1cc(F)ccc1F. The summed E-state index contributed by atoms with van der Waals surface area (Å²) < 4.78 is 26.2. The molecule has 0 radical (unpaired) electrons. The molecular weight excluding hydrogens is 351 g/mol. The number of nitrogens with zero attached hydrogens (tertiary/aromatic N) is 1. The number of hydrogen-bond acceptors (Lipinski definition) is 1. The van der Waals surface area contributed by atoms with Crippen molar-refractivity contribution >= 4 is 35.6 Å². The highest BCUT2D eigenvalue weighted by molar-refractivity contribution is 14.0. The van der Waals surface area contributed by atoms with E-state index in [4.69, 9.17) is 5.73 Å². The summed E-state index contributed by atoms with van der Waals surface area (Å²) in [4.78, 5) is 4.11. The van der Waals surface area contributed by atoms with Gasteiger partial charge in [-0.15, -0.1) is 24.0 Å². The predicted octanol–water partition coefficient (Wildman–Crippen LogP) is 3.11. The first-order valence-electron chi connectivity index (χ1n) is 5.67. The third-order valence-electron chi connectivity index (χ3n) is 2.94. The van der Waals surface area contributed by atoms with Crippen LogP contribution in [-0.2, 0) is 0 Å². The van der Waals surface area contributed by atoms with E-state index in [0.717, 1.165) is 18.2 Å². The molecule has 1 aliphatic rings. The molecule has 0 saturated heterocycles. The van der Waals surface area contributed by atoms with E-state index in [-0.39, 0.29) is 35.6 Å². The lowest BCUT2D eigenvalue weighted by Crippen LogP contribution is -2.25. The molecule has 1 fully saturated rings. The van der Waals surface area contributed by atoms with Gasteiger partial charge in [-0.1, -0.05) is 6.42 Å². The van der Waals surface area contributed by atoms with E-state index in [9.17, 15) is 8.78 Å². The van der Waals surface area contributed by atoms with Crippen LogP contribution in [0.25, 0.3) is 0 Å². The van der Waals surface area contributed by atoms with Crippen LogP contribution in [0.5, 0.6) is 0 Å². The maximum Gasteiger partial charge on any atom is 0.193 e. The van der Waals surface area contributed by atoms with Crippen molar-refractivity contribution in [3.05, 3.63) is 29.8 Å². The molecule has 0 amide bonds. The molecule has 0 unspecified atom stereocenters. The van der Waals surface area contributed by atoms with E-state index in [0.29, 0.717) is 12.5 Å². The summed E-state index contributed by atoms with van der Waals surface area (Å²) >= 11 is 0. The zero-order chi connectivity index (χ0) is 12.3. The molecule has 0 aromatic heterocycles. The van der Waals surface area contributed by atoms with E-state index in [2.05, 4.69) is 10.3 Å². The van der Waals surface area contributed by atoms with Crippen molar-refractivity contribution in [1.82, 2.24) is 0 Å². The third-order valence-corrected chi connectivity index (χ3v) is 2.94. The Morgan fingerprint density at radius 2 is 2.11 bits per heavy atom.